The zero-order valence-electron chi connectivity index (χ0n) is 10.3. The van der Waals surface area contributed by atoms with Crippen molar-refractivity contribution in [3.05, 3.63) is 0 Å². The van der Waals surface area contributed by atoms with Gasteiger partial charge in [0.15, 0.2) is 0 Å². The van der Waals surface area contributed by atoms with E-state index in [1.807, 2.05) is 13.8 Å². The number of carbonyl (C=O) groups is 1. The molecule has 1 aliphatic rings. The predicted octanol–water partition coefficient (Wildman–Crippen LogP) is 0.258. The molecule has 0 aromatic rings. The van der Waals surface area contributed by atoms with Crippen molar-refractivity contribution in [2.75, 3.05) is 19.3 Å². The predicted molar refractivity (Wildman–Crippen MR) is 66.7 cm³/mol. The van der Waals surface area contributed by atoms with E-state index in [9.17, 15) is 9.00 Å². The van der Waals surface area contributed by atoms with Crippen LogP contribution in [0.1, 0.15) is 26.7 Å². The molecule has 16 heavy (non-hydrogen) atoms. The minimum Gasteiger partial charge on any atom is -0.356 e. The highest BCUT2D eigenvalue weighted by Crippen LogP contribution is 2.14. The molecule has 0 aromatic heterocycles. The maximum atomic E-state index is 11.8. The summed E-state index contributed by atoms with van der Waals surface area (Å²) < 4.78 is 11.1. The van der Waals surface area contributed by atoms with Gasteiger partial charge >= 0.3 is 0 Å². The van der Waals surface area contributed by atoms with E-state index in [0.717, 1.165) is 19.4 Å². The lowest BCUT2D eigenvalue weighted by atomic mass is 10.0. The second-order valence-corrected chi connectivity index (χ2v) is 6.33. The Kier molecular flexibility index (Phi) is 5.41. The fourth-order valence-corrected chi connectivity index (χ4v) is 2.36. The maximum absolute atomic E-state index is 11.8. The van der Waals surface area contributed by atoms with Gasteiger partial charge in [-0.15, -0.1) is 0 Å². The van der Waals surface area contributed by atoms with Crippen LogP contribution in [0.15, 0.2) is 0 Å². The zero-order valence-corrected chi connectivity index (χ0v) is 11.1. The van der Waals surface area contributed by atoms with Crippen molar-refractivity contribution in [1.29, 1.82) is 0 Å². The summed E-state index contributed by atoms with van der Waals surface area (Å²) in [6.45, 7) is 5.54. The number of hydrogen-bond acceptors (Lipinski definition) is 3. The fraction of sp³-hybridized carbons (Fsp3) is 0.909. The Morgan fingerprint density at radius 3 is 2.81 bits per heavy atom. The Labute approximate surface area is 100 Å². The van der Waals surface area contributed by atoms with Gasteiger partial charge in [-0.3, -0.25) is 9.00 Å². The van der Waals surface area contributed by atoms with Crippen LogP contribution in [-0.4, -0.2) is 40.8 Å². The topological polar surface area (TPSA) is 58.2 Å². The number of nitrogens with one attached hydrogen (secondary N) is 2. The van der Waals surface area contributed by atoms with Crippen molar-refractivity contribution in [2.45, 2.75) is 38.0 Å². The Morgan fingerprint density at radius 1 is 1.62 bits per heavy atom. The lowest BCUT2D eigenvalue weighted by molar-refractivity contribution is -0.125. The molecule has 4 nitrogen and oxygen atoms in total. The molecular weight excluding hydrogens is 224 g/mol. The molecule has 4 atom stereocenters. The smallest absolute Gasteiger partial charge is 0.224 e. The molecule has 0 spiro atoms. The highest BCUT2D eigenvalue weighted by molar-refractivity contribution is 7.84. The molecule has 0 radical (unpaired) electrons. The van der Waals surface area contributed by atoms with Crippen LogP contribution in [0.25, 0.3) is 0 Å². The lowest BCUT2D eigenvalue weighted by Gasteiger charge is -2.15. The van der Waals surface area contributed by atoms with Gasteiger partial charge in [0, 0.05) is 34.9 Å². The summed E-state index contributed by atoms with van der Waals surface area (Å²) in [6, 6.07) is 0.276. The van der Waals surface area contributed by atoms with Crippen LogP contribution in [0, 0.1) is 5.92 Å². The van der Waals surface area contributed by atoms with E-state index in [-0.39, 0.29) is 23.1 Å². The lowest BCUT2D eigenvalue weighted by Crippen LogP contribution is -2.37. The van der Waals surface area contributed by atoms with Crippen molar-refractivity contribution in [1.82, 2.24) is 10.6 Å². The molecule has 1 saturated heterocycles. The van der Waals surface area contributed by atoms with E-state index in [1.54, 1.807) is 6.26 Å². The molecular formula is C11H22N2O2S. The average Bonchev–Trinajstić information content (AvgIpc) is 2.64. The van der Waals surface area contributed by atoms with Crippen LogP contribution in [0.3, 0.4) is 0 Å². The van der Waals surface area contributed by atoms with Gasteiger partial charge in [0.1, 0.15) is 0 Å². The zero-order chi connectivity index (χ0) is 12.1. The summed E-state index contributed by atoms with van der Waals surface area (Å²) in [5, 5.41) is 6.34. The van der Waals surface area contributed by atoms with Crippen LogP contribution in [0.5, 0.6) is 0 Å². The molecule has 1 amide bonds. The largest absolute Gasteiger partial charge is 0.356 e. The number of rotatable bonds is 5. The monoisotopic (exact) mass is 246 g/mol. The summed E-state index contributed by atoms with van der Waals surface area (Å²) in [6.07, 6.45) is 3.40. The summed E-state index contributed by atoms with van der Waals surface area (Å²) in [5.41, 5.74) is 0. The molecule has 2 N–H and O–H groups in total. The minimum absolute atomic E-state index is 0.0995. The fourth-order valence-electron chi connectivity index (χ4n) is 1.91. The summed E-state index contributed by atoms with van der Waals surface area (Å²) in [4.78, 5) is 11.8. The van der Waals surface area contributed by atoms with Crippen molar-refractivity contribution >= 4 is 16.7 Å². The van der Waals surface area contributed by atoms with Gasteiger partial charge < -0.3 is 10.6 Å². The summed E-state index contributed by atoms with van der Waals surface area (Å²) in [7, 11) is -0.798. The van der Waals surface area contributed by atoms with E-state index >= 15 is 0 Å². The molecule has 1 rings (SSSR count). The standard InChI is InChI=1S/C11H22N2O2S/c1-8(16(3)15)4-6-13-11(14)10-5-7-12-9(10)2/h8-10,12H,4-7H2,1-3H3,(H,13,14). The van der Waals surface area contributed by atoms with Crippen LogP contribution in [0.4, 0.5) is 0 Å². The van der Waals surface area contributed by atoms with E-state index in [2.05, 4.69) is 10.6 Å². The molecule has 0 bridgehead atoms. The quantitative estimate of drug-likeness (QED) is 0.731. The van der Waals surface area contributed by atoms with Crippen molar-refractivity contribution in [3.8, 4) is 0 Å². The van der Waals surface area contributed by atoms with Crippen LogP contribution in [0.2, 0.25) is 0 Å². The normalized spacial score (nSPS) is 28.7. The molecule has 1 heterocycles. The van der Waals surface area contributed by atoms with Crippen LogP contribution >= 0.6 is 0 Å². The Hall–Kier alpha value is -0.420. The van der Waals surface area contributed by atoms with Crippen molar-refractivity contribution < 1.29 is 9.00 Å². The van der Waals surface area contributed by atoms with Crippen molar-refractivity contribution in [3.63, 3.8) is 0 Å². The molecule has 0 saturated carbocycles. The van der Waals surface area contributed by atoms with Gasteiger partial charge in [0.05, 0.1) is 5.92 Å². The first-order valence-corrected chi connectivity index (χ1v) is 7.47. The Bertz CT molecular complexity index is 271. The van der Waals surface area contributed by atoms with E-state index < -0.39 is 10.8 Å². The van der Waals surface area contributed by atoms with Crippen molar-refractivity contribution in [2.24, 2.45) is 5.92 Å². The van der Waals surface area contributed by atoms with Gasteiger partial charge in [-0.05, 0) is 26.3 Å². The molecule has 4 unspecified atom stereocenters. The molecule has 1 aliphatic heterocycles. The van der Waals surface area contributed by atoms with E-state index in [0.29, 0.717) is 6.54 Å². The van der Waals surface area contributed by atoms with E-state index in [1.165, 1.54) is 0 Å². The molecule has 1 fully saturated rings. The Morgan fingerprint density at radius 2 is 2.31 bits per heavy atom. The minimum atomic E-state index is -0.798. The van der Waals surface area contributed by atoms with Gasteiger partial charge in [0.25, 0.3) is 0 Å². The highest BCUT2D eigenvalue weighted by atomic mass is 32.2. The SMILES string of the molecule is CC1NCCC1C(=O)NCCC(C)S(C)=O. The third-order valence-electron chi connectivity index (χ3n) is 3.28. The first kappa shape index (κ1) is 13.6. The average molecular weight is 246 g/mol. The number of amides is 1. The third-order valence-corrected chi connectivity index (χ3v) is 4.65. The number of carbonyl (C=O) groups excluding carboxylic acids is 1. The second kappa shape index (κ2) is 6.35. The molecule has 0 aromatic carbocycles. The molecule has 94 valence electrons. The first-order chi connectivity index (χ1) is 7.52. The first-order valence-electron chi connectivity index (χ1n) is 5.85. The Balaban J connectivity index is 2.22. The highest BCUT2D eigenvalue weighted by Gasteiger charge is 2.28. The second-order valence-electron chi connectivity index (χ2n) is 4.53. The van der Waals surface area contributed by atoms with Gasteiger partial charge in [-0.25, -0.2) is 0 Å². The van der Waals surface area contributed by atoms with Crippen LogP contribution in [-0.2, 0) is 15.6 Å². The third kappa shape index (κ3) is 3.87. The summed E-state index contributed by atoms with van der Waals surface area (Å²) >= 11 is 0. The molecule has 0 aliphatic carbocycles. The van der Waals surface area contributed by atoms with Gasteiger partial charge in [-0.1, -0.05) is 6.92 Å². The molecule has 5 heteroatoms. The number of hydrogen-bond donors (Lipinski definition) is 2. The van der Waals surface area contributed by atoms with Gasteiger partial charge in [-0.2, -0.15) is 0 Å². The van der Waals surface area contributed by atoms with Crippen LogP contribution < -0.4 is 10.6 Å². The van der Waals surface area contributed by atoms with E-state index in [4.69, 9.17) is 0 Å². The van der Waals surface area contributed by atoms with Gasteiger partial charge in [0.2, 0.25) is 5.91 Å². The summed E-state index contributed by atoms with van der Waals surface area (Å²) in [5.74, 6) is 0.231. The maximum Gasteiger partial charge on any atom is 0.224 e.